The molecule has 0 radical (unpaired) electrons. The van der Waals surface area contributed by atoms with Crippen LogP contribution in [0.15, 0.2) is 18.2 Å². The second kappa shape index (κ2) is 6.77. The highest BCUT2D eigenvalue weighted by atomic mass is 16.7. The summed E-state index contributed by atoms with van der Waals surface area (Å²) >= 11 is 0. The molecule has 1 fully saturated rings. The van der Waals surface area contributed by atoms with Crippen molar-refractivity contribution in [2.24, 2.45) is 7.05 Å². The Morgan fingerprint density at radius 3 is 2.86 bits per heavy atom. The molecule has 1 aromatic heterocycles. The lowest BCUT2D eigenvalue weighted by molar-refractivity contribution is -0.100. The van der Waals surface area contributed by atoms with Crippen LogP contribution in [0.3, 0.4) is 0 Å². The van der Waals surface area contributed by atoms with Crippen molar-refractivity contribution >= 4 is 10.9 Å². The van der Waals surface area contributed by atoms with Crippen LogP contribution in [-0.4, -0.2) is 43.4 Å². The number of nitrogens with zero attached hydrogens (tertiary/aromatic N) is 2. The molecular weight excluding hydrogens is 278 g/mol. The van der Waals surface area contributed by atoms with Crippen molar-refractivity contribution in [2.45, 2.75) is 31.5 Å². The molecule has 3 rings (SSSR count). The van der Waals surface area contributed by atoms with E-state index in [1.807, 2.05) is 11.7 Å². The van der Waals surface area contributed by atoms with E-state index in [2.05, 4.69) is 23.5 Å². The number of fused-ring (bicyclic) bond motifs is 1. The van der Waals surface area contributed by atoms with Crippen LogP contribution in [-0.2, 0) is 22.9 Å². The van der Waals surface area contributed by atoms with E-state index in [1.54, 1.807) is 14.2 Å². The van der Waals surface area contributed by atoms with E-state index in [-0.39, 0.29) is 6.29 Å². The van der Waals surface area contributed by atoms with Gasteiger partial charge in [0, 0.05) is 45.5 Å². The van der Waals surface area contributed by atoms with Crippen LogP contribution in [0, 0.1) is 0 Å². The number of piperidine rings is 1. The molecule has 5 heteroatoms. The normalized spacial score (nSPS) is 19.2. The molecule has 0 aliphatic carbocycles. The number of ether oxygens (including phenoxy) is 2. The molecule has 0 bridgehead atoms. The first-order valence-electron chi connectivity index (χ1n) is 7.94. The first-order valence-corrected chi connectivity index (χ1v) is 7.94. The summed E-state index contributed by atoms with van der Waals surface area (Å²) in [5.41, 5.74) is 3.62. The minimum Gasteiger partial charge on any atom is -0.356 e. The summed E-state index contributed by atoms with van der Waals surface area (Å²) in [6.07, 6.45) is 2.99. The SMILES string of the molecule is COC(Cc1ccc2c(C3CCCNC3)nn(C)c2c1)OC. The van der Waals surface area contributed by atoms with Crippen LogP contribution in [0.25, 0.3) is 10.9 Å². The second-order valence-corrected chi connectivity index (χ2v) is 6.01. The van der Waals surface area contributed by atoms with Gasteiger partial charge in [-0.25, -0.2) is 0 Å². The molecule has 2 heterocycles. The van der Waals surface area contributed by atoms with Crippen molar-refractivity contribution in [1.82, 2.24) is 15.1 Å². The number of methoxy groups -OCH3 is 2. The van der Waals surface area contributed by atoms with E-state index >= 15 is 0 Å². The Bertz CT molecular complexity index is 628. The summed E-state index contributed by atoms with van der Waals surface area (Å²) in [6, 6.07) is 6.56. The highest BCUT2D eigenvalue weighted by molar-refractivity contribution is 5.83. The molecular formula is C17H25N3O2. The molecule has 5 nitrogen and oxygen atoms in total. The van der Waals surface area contributed by atoms with Gasteiger partial charge in [0.25, 0.3) is 0 Å². The fourth-order valence-electron chi connectivity index (χ4n) is 3.30. The first-order chi connectivity index (χ1) is 10.7. The third-order valence-corrected chi connectivity index (χ3v) is 4.56. The van der Waals surface area contributed by atoms with Crippen LogP contribution in [0.4, 0.5) is 0 Å². The molecule has 1 unspecified atom stereocenters. The fraction of sp³-hybridized carbons (Fsp3) is 0.588. The molecule has 1 aliphatic heterocycles. The van der Waals surface area contributed by atoms with Gasteiger partial charge in [-0.05, 0) is 31.0 Å². The Kier molecular flexibility index (Phi) is 4.76. The number of nitrogens with one attached hydrogen (secondary N) is 1. The van der Waals surface area contributed by atoms with Gasteiger partial charge < -0.3 is 14.8 Å². The smallest absolute Gasteiger partial charge is 0.160 e. The van der Waals surface area contributed by atoms with E-state index in [0.29, 0.717) is 5.92 Å². The molecule has 1 atom stereocenters. The molecule has 22 heavy (non-hydrogen) atoms. The number of aryl methyl sites for hydroxylation is 1. The number of hydrogen-bond acceptors (Lipinski definition) is 4. The fourth-order valence-corrected chi connectivity index (χ4v) is 3.30. The summed E-state index contributed by atoms with van der Waals surface area (Å²) in [6.45, 7) is 2.16. The maximum Gasteiger partial charge on any atom is 0.160 e. The minimum atomic E-state index is -0.201. The van der Waals surface area contributed by atoms with Crippen LogP contribution in [0.2, 0.25) is 0 Å². The monoisotopic (exact) mass is 303 g/mol. The van der Waals surface area contributed by atoms with Crippen LogP contribution in [0.1, 0.15) is 30.0 Å². The molecule has 1 saturated heterocycles. The van der Waals surface area contributed by atoms with Gasteiger partial charge in [0.2, 0.25) is 0 Å². The van der Waals surface area contributed by atoms with Crippen LogP contribution in [0.5, 0.6) is 0 Å². The number of rotatable bonds is 5. The summed E-state index contributed by atoms with van der Waals surface area (Å²) in [4.78, 5) is 0. The highest BCUT2D eigenvalue weighted by Gasteiger charge is 2.21. The quantitative estimate of drug-likeness (QED) is 0.860. The number of hydrogen-bond donors (Lipinski definition) is 1. The van der Waals surface area contributed by atoms with E-state index in [4.69, 9.17) is 14.6 Å². The van der Waals surface area contributed by atoms with Crippen molar-refractivity contribution in [3.8, 4) is 0 Å². The average molecular weight is 303 g/mol. The standard InChI is InChI=1S/C17H25N3O2/c1-20-15-9-12(10-16(21-2)22-3)6-7-14(15)17(19-20)13-5-4-8-18-11-13/h6-7,9,13,16,18H,4-5,8,10-11H2,1-3H3. The van der Waals surface area contributed by atoms with Gasteiger partial charge in [0.1, 0.15) is 0 Å². The lowest BCUT2D eigenvalue weighted by Crippen LogP contribution is -2.28. The van der Waals surface area contributed by atoms with E-state index in [1.165, 1.54) is 35.0 Å². The van der Waals surface area contributed by atoms with Crippen molar-refractivity contribution in [1.29, 1.82) is 0 Å². The maximum absolute atomic E-state index is 5.29. The predicted octanol–water partition coefficient (Wildman–Crippen LogP) is 2.20. The van der Waals surface area contributed by atoms with Gasteiger partial charge >= 0.3 is 0 Å². The van der Waals surface area contributed by atoms with Gasteiger partial charge in [-0.3, -0.25) is 4.68 Å². The molecule has 1 aromatic carbocycles. The van der Waals surface area contributed by atoms with Crippen molar-refractivity contribution < 1.29 is 9.47 Å². The molecule has 1 aliphatic rings. The van der Waals surface area contributed by atoms with Crippen LogP contribution < -0.4 is 5.32 Å². The zero-order chi connectivity index (χ0) is 15.5. The zero-order valence-electron chi connectivity index (χ0n) is 13.6. The van der Waals surface area contributed by atoms with Gasteiger partial charge in [0.15, 0.2) is 6.29 Å². The Labute approximate surface area is 131 Å². The molecule has 2 aromatic rings. The van der Waals surface area contributed by atoms with Crippen molar-refractivity contribution in [2.75, 3.05) is 27.3 Å². The Hall–Kier alpha value is -1.43. The van der Waals surface area contributed by atoms with E-state index in [9.17, 15) is 0 Å². The van der Waals surface area contributed by atoms with Gasteiger partial charge in [-0.1, -0.05) is 12.1 Å². The molecule has 0 amide bonds. The van der Waals surface area contributed by atoms with Crippen molar-refractivity contribution in [3.63, 3.8) is 0 Å². The Balaban J connectivity index is 1.91. The lowest BCUT2D eigenvalue weighted by Gasteiger charge is -2.21. The molecule has 120 valence electrons. The topological polar surface area (TPSA) is 48.3 Å². The largest absolute Gasteiger partial charge is 0.356 e. The zero-order valence-corrected chi connectivity index (χ0v) is 13.6. The third kappa shape index (κ3) is 3.02. The summed E-state index contributed by atoms with van der Waals surface area (Å²) in [7, 11) is 5.37. The lowest BCUT2D eigenvalue weighted by atomic mass is 9.93. The Morgan fingerprint density at radius 1 is 1.36 bits per heavy atom. The Morgan fingerprint density at radius 2 is 2.18 bits per heavy atom. The van der Waals surface area contributed by atoms with Gasteiger partial charge in [-0.15, -0.1) is 0 Å². The van der Waals surface area contributed by atoms with E-state index in [0.717, 1.165) is 19.5 Å². The molecule has 0 spiro atoms. The average Bonchev–Trinajstić information content (AvgIpc) is 2.90. The first kappa shape index (κ1) is 15.5. The van der Waals surface area contributed by atoms with Gasteiger partial charge in [-0.2, -0.15) is 5.10 Å². The summed E-state index contributed by atoms with van der Waals surface area (Å²) < 4.78 is 12.6. The van der Waals surface area contributed by atoms with Crippen molar-refractivity contribution in [3.05, 3.63) is 29.5 Å². The highest BCUT2D eigenvalue weighted by Crippen LogP contribution is 2.29. The molecule has 0 saturated carbocycles. The number of aromatic nitrogens is 2. The summed E-state index contributed by atoms with van der Waals surface area (Å²) in [5, 5.41) is 9.54. The second-order valence-electron chi connectivity index (χ2n) is 6.01. The molecule has 1 N–H and O–H groups in total. The van der Waals surface area contributed by atoms with Crippen LogP contribution >= 0.6 is 0 Å². The summed E-state index contributed by atoms with van der Waals surface area (Å²) in [5.74, 6) is 0.522. The maximum atomic E-state index is 5.29. The predicted molar refractivity (Wildman–Crippen MR) is 87.1 cm³/mol. The third-order valence-electron chi connectivity index (χ3n) is 4.56. The van der Waals surface area contributed by atoms with E-state index < -0.39 is 0 Å². The van der Waals surface area contributed by atoms with Gasteiger partial charge in [0.05, 0.1) is 11.2 Å². The minimum absolute atomic E-state index is 0.201. The number of benzene rings is 1.